The summed E-state index contributed by atoms with van der Waals surface area (Å²) >= 11 is 0. The predicted molar refractivity (Wildman–Crippen MR) is 105 cm³/mol. The molecule has 2 aliphatic rings. The van der Waals surface area contributed by atoms with Gasteiger partial charge >= 0.3 is 0 Å². The Labute approximate surface area is 160 Å². The molecule has 0 spiro atoms. The molecule has 1 fully saturated rings. The van der Waals surface area contributed by atoms with Crippen molar-refractivity contribution in [2.75, 3.05) is 11.3 Å². The van der Waals surface area contributed by atoms with E-state index in [4.69, 9.17) is 0 Å². The number of hydrogen-bond acceptors (Lipinski definition) is 3. The molecule has 0 atom stereocenters. The summed E-state index contributed by atoms with van der Waals surface area (Å²) < 4.78 is 28.4. The molecule has 0 bridgehead atoms. The average Bonchev–Trinajstić information content (AvgIpc) is 3.47. The van der Waals surface area contributed by atoms with Gasteiger partial charge in [0.05, 0.1) is 4.90 Å². The lowest BCUT2D eigenvalue weighted by Crippen LogP contribution is -2.36. The van der Waals surface area contributed by atoms with Crippen LogP contribution in [0.1, 0.15) is 35.1 Å². The number of rotatable bonds is 4. The highest BCUT2D eigenvalue weighted by Gasteiger charge is 2.34. The molecule has 1 heterocycles. The minimum Gasteiger partial charge on any atom is -0.338 e. The summed E-state index contributed by atoms with van der Waals surface area (Å²) in [6, 6.07) is 11.0. The summed E-state index contributed by atoms with van der Waals surface area (Å²) in [7, 11) is -3.66. The third-order valence-corrected chi connectivity index (χ3v) is 6.87. The molecule has 0 radical (unpaired) electrons. The van der Waals surface area contributed by atoms with Gasteiger partial charge in [-0.3, -0.25) is 9.52 Å². The molecular formula is C21H24N2O3S. The third kappa shape index (κ3) is 3.72. The number of aryl methyl sites for hydroxylation is 2. The number of fused-ring (bicyclic) bond motifs is 1. The van der Waals surface area contributed by atoms with Crippen molar-refractivity contribution in [1.29, 1.82) is 0 Å². The molecule has 2 aromatic rings. The zero-order valence-electron chi connectivity index (χ0n) is 15.7. The summed E-state index contributed by atoms with van der Waals surface area (Å²) in [5.74, 6) is 0.444. The number of amides is 1. The Morgan fingerprint density at radius 1 is 1.07 bits per heavy atom. The molecule has 1 saturated carbocycles. The van der Waals surface area contributed by atoms with E-state index < -0.39 is 10.0 Å². The van der Waals surface area contributed by atoms with Gasteiger partial charge in [-0.2, -0.15) is 0 Å². The topological polar surface area (TPSA) is 66.5 Å². The Morgan fingerprint density at radius 2 is 1.85 bits per heavy atom. The van der Waals surface area contributed by atoms with Crippen LogP contribution in [0.4, 0.5) is 5.69 Å². The second kappa shape index (κ2) is 6.68. The molecule has 1 amide bonds. The Morgan fingerprint density at radius 3 is 2.59 bits per heavy atom. The first-order valence-electron chi connectivity index (χ1n) is 9.34. The maximum Gasteiger partial charge on any atom is 0.262 e. The van der Waals surface area contributed by atoms with E-state index in [9.17, 15) is 13.2 Å². The normalized spacial score (nSPS) is 16.7. The van der Waals surface area contributed by atoms with Crippen molar-refractivity contribution in [3.05, 3.63) is 58.7 Å². The summed E-state index contributed by atoms with van der Waals surface area (Å²) in [6.45, 7) is 4.98. The predicted octanol–water partition coefficient (Wildman–Crippen LogP) is 3.40. The molecule has 0 saturated heterocycles. The molecule has 0 unspecified atom stereocenters. The van der Waals surface area contributed by atoms with E-state index >= 15 is 0 Å². The molecule has 27 heavy (non-hydrogen) atoms. The standard InChI is InChI=1S/C21H24N2O3S/c1-14-3-4-15(2)20(11-14)27(25,26)22-19-8-7-16-9-10-23(13-18(16)12-19)21(24)17-5-6-17/h3-4,7-8,11-12,17,22H,5-6,9-10,13H2,1-2H3. The second-order valence-corrected chi connectivity index (χ2v) is 9.29. The van der Waals surface area contributed by atoms with E-state index in [2.05, 4.69) is 4.72 Å². The largest absolute Gasteiger partial charge is 0.338 e. The average molecular weight is 385 g/mol. The lowest BCUT2D eigenvalue weighted by Gasteiger charge is -2.29. The number of sulfonamides is 1. The zero-order chi connectivity index (χ0) is 19.2. The Balaban J connectivity index is 1.58. The number of carbonyl (C=O) groups excluding carboxylic acids is 1. The first kappa shape index (κ1) is 18.0. The maximum absolute atomic E-state index is 12.8. The molecule has 0 aromatic heterocycles. The maximum atomic E-state index is 12.8. The lowest BCUT2D eigenvalue weighted by molar-refractivity contribution is -0.133. The van der Waals surface area contributed by atoms with Crippen LogP contribution in [0, 0.1) is 19.8 Å². The molecule has 6 heteroatoms. The number of nitrogens with zero attached hydrogens (tertiary/aromatic N) is 1. The lowest BCUT2D eigenvalue weighted by atomic mass is 9.99. The quantitative estimate of drug-likeness (QED) is 0.879. The van der Waals surface area contributed by atoms with Crippen LogP contribution in [-0.4, -0.2) is 25.8 Å². The summed E-state index contributed by atoms with van der Waals surface area (Å²) in [5, 5.41) is 0. The Bertz CT molecular complexity index is 1010. The fourth-order valence-electron chi connectivity index (χ4n) is 3.60. The third-order valence-electron chi connectivity index (χ3n) is 5.34. The molecule has 1 aliphatic heterocycles. The van der Waals surface area contributed by atoms with Crippen molar-refractivity contribution in [3.8, 4) is 0 Å². The van der Waals surface area contributed by atoms with E-state index in [0.29, 0.717) is 22.7 Å². The van der Waals surface area contributed by atoms with E-state index in [1.165, 1.54) is 5.56 Å². The summed E-state index contributed by atoms with van der Waals surface area (Å²) in [5.41, 5.74) is 4.37. The highest BCUT2D eigenvalue weighted by Crippen LogP contribution is 2.33. The van der Waals surface area contributed by atoms with Gasteiger partial charge in [0.25, 0.3) is 10.0 Å². The first-order valence-corrected chi connectivity index (χ1v) is 10.8. The van der Waals surface area contributed by atoms with Crippen molar-refractivity contribution in [2.45, 2.75) is 44.6 Å². The van der Waals surface area contributed by atoms with Crippen molar-refractivity contribution in [3.63, 3.8) is 0 Å². The fraction of sp³-hybridized carbons (Fsp3) is 0.381. The summed E-state index contributed by atoms with van der Waals surface area (Å²) in [6.07, 6.45) is 2.81. The minimum absolute atomic E-state index is 0.206. The number of anilines is 1. The highest BCUT2D eigenvalue weighted by molar-refractivity contribution is 7.92. The van der Waals surface area contributed by atoms with Crippen LogP contribution in [0.2, 0.25) is 0 Å². The van der Waals surface area contributed by atoms with Gasteiger partial charge in [-0.05, 0) is 73.6 Å². The van der Waals surface area contributed by atoms with Crippen LogP contribution in [0.3, 0.4) is 0 Å². The first-order chi connectivity index (χ1) is 12.8. The Kier molecular flexibility index (Phi) is 4.46. The monoisotopic (exact) mass is 384 g/mol. The molecule has 142 valence electrons. The van der Waals surface area contributed by atoms with Gasteiger partial charge < -0.3 is 4.90 Å². The van der Waals surface area contributed by atoms with Crippen LogP contribution in [0.25, 0.3) is 0 Å². The van der Waals surface area contributed by atoms with Crippen LogP contribution in [0.5, 0.6) is 0 Å². The van der Waals surface area contributed by atoms with Crippen LogP contribution in [0.15, 0.2) is 41.3 Å². The van der Waals surface area contributed by atoms with Gasteiger partial charge in [0.15, 0.2) is 0 Å². The van der Waals surface area contributed by atoms with Crippen molar-refractivity contribution in [2.24, 2.45) is 5.92 Å². The molecule has 2 aromatic carbocycles. The number of benzene rings is 2. The molecule has 1 aliphatic carbocycles. The van der Waals surface area contributed by atoms with E-state index in [1.54, 1.807) is 19.1 Å². The smallest absolute Gasteiger partial charge is 0.262 e. The van der Waals surface area contributed by atoms with E-state index in [1.807, 2.05) is 36.1 Å². The van der Waals surface area contributed by atoms with Gasteiger partial charge in [0, 0.05) is 24.7 Å². The SMILES string of the molecule is Cc1ccc(C)c(S(=O)(=O)Nc2ccc3c(c2)CN(C(=O)C2CC2)CC3)c1. The molecule has 1 N–H and O–H groups in total. The van der Waals surface area contributed by atoms with Crippen molar-refractivity contribution >= 4 is 21.6 Å². The van der Waals surface area contributed by atoms with E-state index in [-0.39, 0.29) is 11.8 Å². The van der Waals surface area contributed by atoms with Crippen LogP contribution in [-0.2, 0) is 27.8 Å². The summed E-state index contributed by atoms with van der Waals surface area (Å²) in [4.78, 5) is 14.6. The minimum atomic E-state index is -3.66. The van der Waals surface area contributed by atoms with Gasteiger partial charge in [0.2, 0.25) is 5.91 Å². The molecule has 4 rings (SSSR count). The van der Waals surface area contributed by atoms with Gasteiger partial charge in [-0.15, -0.1) is 0 Å². The van der Waals surface area contributed by atoms with Crippen molar-refractivity contribution in [1.82, 2.24) is 4.90 Å². The number of hydrogen-bond donors (Lipinski definition) is 1. The van der Waals surface area contributed by atoms with Gasteiger partial charge in [0.1, 0.15) is 0 Å². The highest BCUT2D eigenvalue weighted by atomic mass is 32.2. The Hall–Kier alpha value is -2.34. The van der Waals surface area contributed by atoms with Crippen LogP contribution >= 0.6 is 0 Å². The van der Waals surface area contributed by atoms with Crippen molar-refractivity contribution < 1.29 is 13.2 Å². The van der Waals surface area contributed by atoms with Gasteiger partial charge in [-0.25, -0.2) is 8.42 Å². The number of carbonyl (C=O) groups is 1. The number of nitrogens with one attached hydrogen (secondary N) is 1. The van der Waals surface area contributed by atoms with Crippen LogP contribution < -0.4 is 4.72 Å². The zero-order valence-corrected chi connectivity index (χ0v) is 16.5. The molecule has 5 nitrogen and oxygen atoms in total. The fourth-order valence-corrected chi connectivity index (χ4v) is 4.98. The second-order valence-electron chi connectivity index (χ2n) is 7.64. The molecular weight excluding hydrogens is 360 g/mol. The van der Waals surface area contributed by atoms with Gasteiger partial charge in [-0.1, -0.05) is 18.2 Å². The van der Waals surface area contributed by atoms with E-state index in [0.717, 1.165) is 36.9 Å².